The quantitative estimate of drug-likeness (QED) is 0.797. The third kappa shape index (κ3) is 2.58. The highest BCUT2D eigenvalue weighted by atomic mass is 16.1. The summed E-state index contributed by atoms with van der Waals surface area (Å²) in [4.78, 5) is 15.7. The number of fused-ring (bicyclic) bond motifs is 1. The fourth-order valence-electron chi connectivity index (χ4n) is 3.23. The number of benzene rings is 1. The van der Waals surface area contributed by atoms with Crippen LogP contribution in [0, 0.1) is 12.8 Å². The second-order valence-electron chi connectivity index (χ2n) is 5.88. The minimum Gasteiger partial charge on any atom is -0.360 e. The fourth-order valence-corrected chi connectivity index (χ4v) is 3.23. The molecule has 0 saturated heterocycles. The van der Waals surface area contributed by atoms with Gasteiger partial charge in [-0.05, 0) is 24.5 Å². The van der Waals surface area contributed by atoms with E-state index < -0.39 is 0 Å². The van der Waals surface area contributed by atoms with Crippen LogP contribution in [0.3, 0.4) is 0 Å². The van der Waals surface area contributed by atoms with Crippen molar-refractivity contribution in [2.75, 3.05) is 0 Å². The summed E-state index contributed by atoms with van der Waals surface area (Å²) in [5.41, 5.74) is 3.17. The molecule has 0 aliphatic heterocycles. The zero-order valence-corrected chi connectivity index (χ0v) is 11.5. The van der Waals surface area contributed by atoms with E-state index in [1.807, 2.05) is 6.20 Å². The Hall–Kier alpha value is -1.57. The van der Waals surface area contributed by atoms with Gasteiger partial charge in [0.25, 0.3) is 0 Å². The van der Waals surface area contributed by atoms with Crippen molar-refractivity contribution in [2.45, 2.75) is 45.4 Å². The summed E-state index contributed by atoms with van der Waals surface area (Å²) in [7, 11) is 0. The van der Waals surface area contributed by atoms with Gasteiger partial charge in [-0.2, -0.15) is 0 Å². The molecule has 1 aliphatic rings. The molecule has 19 heavy (non-hydrogen) atoms. The van der Waals surface area contributed by atoms with Crippen molar-refractivity contribution in [1.82, 2.24) is 4.98 Å². The summed E-state index contributed by atoms with van der Waals surface area (Å²) in [6.07, 6.45) is 9.00. The van der Waals surface area contributed by atoms with Gasteiger partial charge in [-0.1, -0.05) is 44.2 Å². The number of aromatic nitrogens is 1. The van der Waals surface area contributed by atoms with Crippen molar-refractivity contribution < 1.29 is 4.79 Å². The second kappa shape index (κ2) is 5.20. The number of Topliss-reactive ketones (excluding diaryl/α,β-unsaturated/α-hetero) is 1. The summed E-state index contributed by atoms with van der Waals surface area (Å²) in [6, 6.07) is 6.25. The van der Waals surface area contributed by atoms with Gasteiger partial charge in [0.1, 0.15) is 0 Å². The van der Waals surface area contributed by atoms with Gasteiger partial charge >= 0.3 is 0 Å². The highest BCUT2D eigenvalue weighted by molar-refractivity contribution is 6.08. The van der Waals surface area contributed by atoms with Crippen molar-refractivity contribution in [1.29, 1.82) is 0 Å². The van der Waals surface area contributed by atoms with Crippen molar-refractivity contribution in [2.24, 2.45) is 5.92 Å². The summed E-state index contributed by atoms with van der Waals surface area (Å²) in [5.74, 6) is 0.915. The van der Waals surface area contributed by atoms with Crippen LogP contribution in [-0.4, -0.2) is 10.8 Å². The molecule has 1 N–H and O–H groups in total. The maximum absolute atomic E-state index is 12.5. The molecule has 0 bridgehead atoms. The third-order valence-electron chi connectivity index (χ3n) is 4.34. The first-order valence-corrected chi connectivity index (χ1v) is 7.35. The first-order valence-electron chi connectivity index (χ1n) is 7.35. The third-order valence-corrected chi connectivity index (χ3v) is 4.34. The Bertz CT molecular complexity index is 590. The molecule has 1 aromatic carbocycles. The number of carbonyl (C=O) groups is 1. The number of H-pyrrole nitrogens is 1. The average molecular weight is 255 g/mol. The van der Waals surface area contributed by atoms with Crippen LogP contribution < -0.4 is 0 Å². The lowest BCUT2D eigenvalue weighted by molar-refractivity contribution is 0.0952. The molecule has 0 radical (unpaired) electrons. The molecule has 100 valence electrons. The molecule has 1 heterocycles. The fraction of sp³-hybridized carbons (Fsp3) is 0.471. The molecule has 1 fully saturated rings. The van der Waals surface area contributed by atoms with Gasteiger partial charge in [0.15, 0.2) is 5.78 Å². The lowest BCUT2D eigenvalue weighted by Crippen LogP contribution is -2.12. The van der Waals surface area contributed by atoms with Gasteiger partial charge in [0, 0.05) is 29.1 Å². The van der Waals surface area contributed by atoms with E-state index in [-0.39, 0.29) is 0 Å². The normalized spacial score (nSPS) is 16.9. The lowest BCUT2D eigenvalue weighted by Gasteiger charge is -2.20. The van der Waals surface area contributed by atoms with E-state index >= 15 is 0 Å². The minimum atomic E-state index is 0.307. The summed E-state index contributed by atoms with van der Waals surface area (Å²) < 4.78 is 0. The Morgan fingerprint density at radius 1 is 1.26 bits per heavy atom. The zero-order valence-electron chi connectivity index (χ0n) is 11.5. The van der Waals surface area contributed by atoms with Gasteiger partial charge in [0.05, 0.1) is 0 Å². The Labute approximate surface area is 114 Å². The SMILES string of the molecule is Cc1ccc2c(C(=O)CC3CCCCC3)c[nH]c2c1. The number of rotatable bonds is 3. The number of carbonyl (C=O) groups excluding carboxylic acids is 1. The predicted octanol–water partition coefficient (Wildman–Crippen LogP) is 4.63. The van der Waals surface area contributed by atoms with E-state index in [4.69, 9.17) is 0 Å². The molecule has 3 rings (SSSR count). The van der Waals surface area contributed by atoms with E-state index in [0.717, 1.165) is 22.9 Å². The highest BCUT2D eigenvalue weighted by Crippen LogP contribution is 2.29. The number of aromatic amines is 1. The number of ketones is 1. The molecule has 0 unspecified atom stereocenters. The molecule has 1 aromatic heterocycles. The molecular formula is C17H21NO. The van der Waals surface area contributed by atoms with Gasteiger partial charge < -0.3 is 4.98 Å². The number of aryl methyl sites for hydroxylation is 1. The molecule has 1 saturated carbocycles. The van der Waals surface area contributed by atoms with Gasteiger partial charge in [-0.15, -0.1) is 0 Å². The summed E-state index contributed by atoms with van der Waals surface area (Å²) in [6.45, 7) is 2.07. The second-order valence-corrected chi connectivity index (χ2v) is 5.88. The highest BCUT2D eigenvalue weighted by Gasteiger charge is 2.19. The van der Waals surface area contributed by atoms with E-state index in [1.54, 1.807) is 0 Å². The van der Waals surface area contributed by atoms with Gasteiger partial charge in [0.2, 0.25) is 0 Å². The van der Waals surface area contributed by atoms with E-state index in [0.29, 0.717) is 11.7 Å². The maximum atomic E-state index is 12.5. The molecule has 2 nitrogen and oxygen atoms in total. The van der Waals surface area contributed by atoms with Crippen LogP contribution in [-0.2, 0) is 0 Å². The standard InChI is InChI=1S/C17H21NO/c1-12-7-8-14-15(11-18-16(14)9-12)17(19)10-13-5-3-2-4-6-13/h7-9,11,13,18H,2-6,10H2,1H3. The molecule has 2 heteroatoms. The number of hydrogen-bond acceptors (Lipinski definition) is 1. The largest absolute Gasteiger partial charge is 0.360 e. The summed E-state index contributed by atoms with van der Waals surface area (Å²) >= 11 is 0. The molecule has 0 amide bonds. The van der Waals surface area contributed by atoms with E-state index in [2.05, 4.69) is 30.1 Å². The van der Waals surface area contributed by atoms with Gasteiger partial charge in [-0.25, -0.2) is 0 Å². The Morgan fingerprint density at radius 2 is 2.05 bits per heavy atom. The van der Waals surface area contributed by atoms with Crippen molar-refractivity contribution in [3.05, 3.63) is 35.5 Å². The van der Waals surface area contributed by atoms with E-state index in [9.17, 15) is 4.79 Å². The van der Waals surface area contributed by atoms with Crippen LogP contribution in [0.5, 0.6) is 0 Å². The van der Waals surface area contributed by atoms with Crippen LogP contribution in [0.1, 0.15) is 54.4 Å². The smallest absolute Gasteiger partial charge is 0.165 e. The minimum absolute atomic E-state index is 0.307. The van der Waals surface area contributed by atoms with Crippen LogP contribution in [0.2, 0.25) is 0 Å². The van der Waals surface area contributed by atoms with Crippen LogP contribution in [0.15, 0.2) is 24.4 Å². The summed E-state index contributed by atoms with van der Waals surface area (Å²) in [5, 5.41) is 1.08. The van der Waals surface area contributed by atoms with Crippen molar-refractivity contribution in [3.63, 3.8) is 0 Å². The molecule has 0 atom stereocenters. The number of nitrogens with one attached hydrogen (secondary N) is 1. The molecule has 2 aromatic rings. The van der Waals surface area contributed by atoms with E-state index in [1.165, 1.54) is 37.7 Å². The maximum Gasteiger partial charge on any atom is 0.165 e. The average Bonchev–Trinajstić information content (AvgIpc) is 2.82. The number of hydrogen-bond donors (Lipinski definition) is 1. The first-order chi connectivity index (χ1) is 9.24. The Kier molecular flexibility index (Phi) is 3.41. The molecule has 0 spiro atoms. The Morgan fingerprint density at radius 3 is 2.84 bits per heavy atom. The van der Waals surface area contributed by atoms with Crippen LogP contribution >= 0.6 is 0 Å². The topological polar surface area (TPSA) is 32.9 Å². The van der Waals surface area contributed by atoms with Crippen molar-refractivity contribution >= 4 is 16.7 Å². The lowest BCUT2D eigenvalue weighted by atomic mass is 9.85. The molecule has 1 aliphatic carbocycles. The van der Waals surface area contributed by atoms with Crippen LogP contribution in [0.25, 0.3) is 10.9 Å². The van der Waals surface area contributed by atoms with Crippen LogP contribution in [0.4, 0.5) is 0 Å². The molecular weight excluding hydrogens is 234 g/mol. The van der Waals surface area contributed by atoms with Crippen molar-refractivity contribution in [3.8, 4) is 0 Å². The zero-order chi connectivity index (χ0) is 13.2. The predicted molar refractivity (Wildman–Crippen MR) is 78.6 cm³/mol. The Balaban J connectivity index is 1.81. The van der Waals surface area contributed by atoms with Gasteiger partial charge in [-0.3, -0.25) is 4.79 Å². The first kappa shape index (κ1) is 12.5. The monoisotopic (exact) mass is 255 g/mol.